The molecular formula is C14H10BrFN2O2. The maximum absolute atomic E-state index is 13.0. The number of aromatic hydroxyl groups is 1. The number of nitrogens with one attached hydrogen (secondary N) is 1. The molecule has 20 heavy (non-hydrogen) atoms. The number of carbonyl (C=O) groups excluding carboxylic acids is 1. The normalized spacial score (nSPS) is 10.7. The van der Waals surface area contributed by atoms with Crippen LogP contribution in [0.2, 0.25) is 0 Å². The van der Waals surface area contributed by atoms with Gasteiger partial charge in [0.05, 0.1) is 10.7 Å². The van der Waals surface area contributed by atoms with Gasteiger partial charge in [0.2, 0.25) is 0 Å². The van der Waals surface area contributed by atoms with E-state index in [1.54, 1.807) is 6.07 Å². The van der Waals surface area contributed by atoms with Gasteiger partial charge >= 0.3 is 0 Å². The van der Waals surface area contributed by atoms with Gasteiger partial charge in [0.1, 0.15) is 11.6 Å². The van der Waals surface area contributed by atoms with Crippen molar-refractivity contribution in [1.82, 2.24) is 5.43 Å². The third kappa shape index (κ3) is 3.64. The number of phenolic OH excluding ortho intramolecular Hbond substituents is 1. The Morgan fingerprint density at radius 2 is 1.95 bits per heavy atom. The molecule has 0 aliphatic rings. The third-order valence-electron chi connectivity index (χ3n) is 2.45. The van der Waals surface area contributed by atoms with E-state index in [2.05, 4.69) is 26.5 Å². The Morgan fingerprint density at radius 3 is 2.60 bits per heavy atom. The van der Waals surface area contributed by atoms with E-state index in [4.69, 9.17) is 5.11 Å². The van der Waals surface area contributed by atoms with Crippen molar-refractivity contribution in [2.75, 3.05) is 0 Å². The maximum atomic E-state index is 13.0. The van der Waals surface area contributed by atoms with E-state index in [1.807, 2.05) is 0 Å². The van der Waals surface area contributed by atoms with Gasteiger partial charge in [-0.3, -0.25) is 4.79 Å². The Hall–Kier alpha value is -2.21. The predicted molar refractivity (Wildman–Crippen MR) is 77.3 cm³/mol. The van der Waals surface area contributed by atoms with Crippen LogP contribution in [0, 0.1) is 5.82 Å². The fourth-order valence-electron chi connectivity index (χ4n) is 1.44. The predicted octanol–water partition coefficient (Wildman–Crippen LogP) is 3.06. The van der Waals surface area contributed by atoms with Crippen LogP contribution in [-0.2, 0) is 0 Å². The van der Waals surface area contributed by atoms with Gasteiger partial charge < -0.3 is 5.11 Å². The minimum atomic E-state index is -0.401. The Morgan fingerprint density at radius 1 is 1.25 bits per heavy atom. The number of amides is 1. The lowest BCUT2D eigenvalue weighted by Gasteiger charge is -2.00. The summed E-state index contributed by atoms with van der Waals surface area (Å²) in [6, 6.07) is 10.2. The van der Waals surface area contributed by atoms with Gasteiger partial charge in [0.15, 0.2) is 0 Å². The Kier molecular flexibility index (Phi) is 4.47. The van der Waals surface area contributed by atoms with Gasteiger partial charge in [-0.2, -0.15) is 5.10 Å². The number of hydrazone groups is 1. The second-order valence-corrected chi connectivity index (χ2v) is 4.77. The zero-order valence-electron chi connectivity index (χ0n) is 10.2. The van der Waals surface area contributed by atoms with E-state index in [-0.39, 0.29) is 11.6 Å². The SMILES string of the molecule is O=C(N/N=C\c1ccc(F)c(Br)c1)c1ccc(O)cc1. The van der Waals surface area contributed by atoms with Crippen molar-refractivity contribution < 1.29 is 14.3 Å². The highest BCUT2D eigenvalue weighted by Gasteiger charge is 2.03. The quantitative estimate of drug-likeness (QED) is 0.668. The molecule has 102 valence electrons. The number of nitrogens with zero attached hydrogens (tertiary/aromatic N) is 1. The summed E-state index contributed by atoms with van der Waals surface area (Å²) >= 11 is 3.06. The van der Waals surface area contributed by atoms with Crippen LogP contribution in [0.15, 0.2) is 52.0 Å². The van der Waals surface area contributed by atoms with Crippen molar-refractivity contribution in [2.45, 2.75) is 0 Å². The summed E-state index contributed by atoms with van der Waals surface area (Å²) in [5, 5.41) is 12.9. The van der Waals surface area contributed by atoms with E-state index in [0.717, 1.165) is 0 Å². The largest absolute Gasteiger partial charge is 0.508 e. The van der Waals surface area contributed by atoms with Gasteiger partial charge in [0.25, 0.3) is 5.91 Å². The molecule has 6 heteroatoms. The lowest BCUT2D eigenvalue weighted by molar-refractivity contribution is 0.0955. The highest BCUT2D eigenvalue weighted by Crippen LogP contribution is 2.15. The fourth-order valence-corrected chi connectivity index (χ4v) is 1.83. The molecule has 2 N–H and O–H groups in total. The number of hydrogen-bond acceptors (Lipinski definition) is 3. The molecule has 1 amide bonds. The number of halogens is 2. The van der Waals surface area contributed by atoms with Crippen LogP contribution in [0.25, 0.3) is 0 Å². The van der Waals surface area contributed by atoms with Crippen LogP contribution >= 0.6 is 15.9 Å². The lowest BCUT2D eigenvalue weighted by atomic mass is 10.2. The smallest absolute Gasteiger partial charge is 0.271 e. The summed E-state index contributed by atoms with van der Waals surface area (Å²) in [5.41, 5.74) is 3.36. The maximum Gasteiger partial charge on any atom is 0.271 e. The van der Waals surface area contributed by atoms with Crippen LogP contribution in [0.1, 0.15) is 15.9 Å². The molecule has 0 bridgehead atoms. The Labute approximate surface area is 123 Å². The van der Waals surface area contributed by atoms with E-state index in [0.29, 0.717) is 15.6 Å². The summed E-state index contributed by atoms with van der Waals surface area (Å²) in [4.78, 5) is 11.7. The highest BCUT2D eigenvalue weighted by atomic mass is 79.9. The molecule has 0 heterocycles. The molecule has 2 aromatic rings. The summed E-state index contributed by atoms with van der Waals surface area (Å²) in [6.07, 6.45) is 1.41. The monoisotopic (exact) mass is 336 g/mol. The zero-order valence-corrected chi connectivity index (χ0v) is 11.8. The number of rotatable bonds is 3. The van der Waals surface area contributed by atoms with Crippen molar-refractivity contribution >= 4 is 28.1 Å². The first kappa shape index (κ1) is 14.2. The first-order valence-corrected chi connectivity index (χ1v) is 6.43. The molecule has 0 aliphatic heterocycles. The zero-order chi connectivity index (χ0) is 14.5. The number of hydrogen-bond donors (Lipinski definition) is 2. The van der Waals surface area contributed by atoms with Gasteiger partial charge in [-0.25, -0.2) is 9.82 Å². The van der Waals surface area contributed by atoms with E-state index in [1.165, 1.54) is 42.6 Å². The van der Waals surface area contributed by atoms with Gasteiger partial charge in [-0.1, -0.05) is 6.07 Å². The number of carbonyl (C=O) groups is 1. The van der Waals surface area contributed by atoms with Crippen molar-refractivity contribution in [3.05, 3.63) is 63.9 Å². The molecule has 0 fully saturated rings. The van der Waals surface area contributed by atoms with Crippen LogP contribution < -0.4 is 5.43 Å². The van der Waals surface area contributed by atoms with Gasteiger partial charge in [0, 0.05) is 5.56 Å². The van der Waals surface area contributed by atoms with Crippen LogP contribution in [0.3, 0.4) is 0 Å². The minimum Gasteiger partial charge on any atom is -0.508 e. The Bertz CT molecular complexity index is 657. The molecule has 0 unspecified atom stereocenters. The second kappa shape index (κ2) is 6.29. The van der Waals surface area contributed by atoms with Gasteiger partial charge in [-0.15, -0.1) is 0 Å². The summed E-state index contributed by atoms with van der Waals surface area (Å²) in [6.45, 7) is 0. The fraction of sp³-hybridized carbons (Fsp3) is 0. The van der Waals surface area contributed by atoms with Crippen LogP contribution in [-0.4, -0.2) is 17.2 Å². The average Bonchev–Trinajstić information content (AvgIpc) is 2.43. The van der Waals surface area contributed by atoms with Crippen LogP contribution in [0.4, 0.5) is 4.39 Å². The third-order valence-corrected chi connectivity index (χ3v) is 3.06. The van der Waals surface area contributed by atoms with Crippen molar-refractivity contribution in [3.63, 3.8) is 0 Å². The molecule has 0 aromatic heterocycles. The van der Waals surface area contributed by atoms with Crippen LogP contribution in [0.5, 0.6) is 5.75 Å². The topological polar surface area (TPSA) is 61.7 Å². The van der Waals surface area contributed by atoms with Crippen molar-refractivity contribution in [3.8, 4) is 5.75 Å². The molecule has 0 radical (unpaired) electrons. The molecule has 0 aliphatic carbocycles. The summed E-state index contributed by atoms with van der Waals surface area (Å²) < 4.78 is 13.3. The molecule has 0 spiro atoms. The molecule has 0 saturated heterocycles. The standard InChI is InChI=1S/C14H10BrFN2O2/c15-12-7-9(1-6-13(12)16)8-17-18-14(20)10-2-4-11(19)5-3-10/h1-8,19H,(H,18,20)/b17-8-. The highest BCUT2D eigenvalue weighted by molar-refractivity contribution is 9.10. The van der Waals surface area contributed by atoms with Crippen molar-refractivity contribution in [2.24, 2.45) is 5.10 Å². The van der Waals surface area contributed by atoms with E-state index >= 15 is 0 Å². The molecule has 0 atom stereocenters. The second-order valence-electron chi connectivity index (χ2n) is 3.92. The first-order valence-electron chi connectivity index (χ1n) is 5.64. The number of phenols is 1. The summed E-state index contributed by atoms with van der Waals surface area (Å²) in [5.74, 6) is -0.682. The molecule has 2 aromatic carbocycles. The molecule has 0 saturated carbocycles. The lowest BCUT2D eigenvalue weighted by Crippen LogP contribution is -2.17. The van der Waals surface area contributed by atoms with Gasteiger partial charge in [-0.05, 0) is 57.9 Å². The molecule has 2 rings (SSSR count). The first-order chi connectivity index (χ1) is 9.56. The van der Waals surface area contributed by atoms with E-state index < -0.39 is 5.91 Å². The summed E-state index contributed by atoms with van der Waals surface area (Å²) in [7, 11) is 0. The Balaban J connectivity index is 2.00. The average molecular weight is 337 g/mol. The minimum absolute atomic E-state index is 0.0845. The van der Waals surface area contributed by atoms with E-state index in [9.17, 15) is 9.18 Å². The molecular weight excluding hydrogens is 327 g/mol. The molecule has 4 nitrogen and oxygen atoms in total. The number of benzene rings is 2. The van der Waals surface area contributed by atoms with Crippen molar-refractivity contribution in [1.29, 1.82) is 0 Å².